The summed E-state index contributed by atoms with van der Waals surface area (Å²) in [5.74, 6) is -2.01. The SMILES string of the molecule is CCN(CC(=O)O)[C@H](C)C(=O)O. The highest BCUT2D eigenvalue weighted by Crippen LogP contribution is 1.97. The highest BCUT2D eigenvalue weighted by atomic mass is 16.4. The molecule has 0 radical (unpaired) electrons. The Morgan fingerprint density at radius 1 is 1.42 bits per heavy atom. The third kappa shape index (κ3) is 3.34. The molecule has 2 N–H and O–H groups in total. The van der Waals surface area contributed by atoms with Gasteiger partial charge in [0.15, 0.2) is 0 Å². The van der Waals surface area contributed by atoms with Crippen molar-refractivity contribution >= 4 is 11.9 Å². The fourth-order valence-corrected chi connectivity index (χ4v) is 0.853. The Hall–Kier alpha value is -1.10. The Morgan fingerprint density at radius 2 is 1.92 bits per heavy atom. The Labute approximate surface area is 70.6 Å². The fourth-order valence-electron chi connectivity index (χ4n) is 0.853. The van der Waals surface area contributed by atoms with Crippen molar-refractivity contribution in [3.8, 4) is 0 Å². The van der Waals surface area contributed by atoms with Crippen molar-refractivity contribution in [1.29, 1.82) is 0 Å². The smallest absolute Gasteiger partial charge is 0.320 e. The van der Waals surface area contributed by atoms with Gasteiger partial charge < -0.3 is 10.2 Å². The van der Waals surface area contributed by atoms with Crippen LogP contribution in [0.5, 0.6) is 0 Å². The Bertz CT molecular complexity index is 180. The summed E-state index contributed by atoms with van der Waals surface area (Å²) in [5.41, 5.74) is 0. The zero-order valence-electron chi connectivity index (χ0n) is 7.15. The van der Waals surface area contributed by atoms with Gasteiger partial charge in [-0.1, -0.05) is 6.92 Å². The van der Waals surface area contributed by atoms with Gasteiger partial charge in [0.1, 0.15) is 6.04 Å². The number of nitrogens with zero attached hydrogens (tertiary/aromatic N) is 1. The molecule has 0 aliphatic heterocycles. The molecule has 0 spiro atoms. The first-order valence-corrected chi connectivity index (χ1v) is 3.67. The first-order valence-electron chi connectivity index (χ1n) is 3.67. The number of rotatable bonds is 5. The first-order chi connectivity index (χ1) is 5.49. The third-order valence-electron chi connectivity index (χ3n) is 1.65. The summed E-state index contributed by atoms with van der Waals surface area (Å²) in [5, 5.41) is 17.0. The second-order valence-electron chi connectivity index (χ2n) is 2.47. The number of hydrogen-bond acceptors (Lipinski definition) is 3. The lowest BCUT2D eigenvalue weighted by Gasteiger charge is -2.21. The van der Waals surface area contributed by atoms with Crippen LogP contribution in [-0.4, -0.2) is 46.2 Å². The molecule has 0 aliphatic rings. The Morgan fingerprint density at radius 3 is 2.17 bits per heavy atom. The van der Waals surface area contributed by atoms with Gasteiger partial charge in [0, 0.05) is 0 Å². The van der Waals surface area contributed by atoms with Crippen molar-refractivity contribution in [2.45, 2.75) is 19.9 Å². The van der Waals surface area contributed by atoms with Gasteiger partial charge in [-0.25, -0.2) is 0 Å². The largest absolute Gasteiger partial charge is 0.480 e. The number of aliphatic carboxylic acids is 2. The van der Waals surface area contributed by atoms with E-state index in [1.165, 1.54) is 11.8 Å². The van der Waals surface area contributed by atoms with Crippen LogP contribution in [0.2, 0.25) is 0 Å². The molecule has 0 saturated heterocycles. The van der Waals surface area contributed by atoms with Crippen LogP contribution in [0, 0.1) is 0 Å². The lowest BCUT2D eigenvalue weighted by atomic mass is 10.3. The molecule has 5 nitrogen and oxygen atoms in total. The first kappa shape index (κ1) is 10.9. The molecule has 0 unspecified atom stereocenters. The zero-order chi connectivity index (χ0) is 9.72. The summed E-state index contributed by atoms with van der Waals surface area (Å²) in [4.78, 5) is 22.1. The molecule has 5 heteroatoms. The topological polar surface area (TPSA) is 77.8 Å². The predicted octanol–water partition coefficient (Wildman–Crippen LogP) is -0.134. The minimum atomic E-state index is -1.01. The van der Waals surface area contributed by atoms with Crippen LogP contribution in [0.3, 0.4) is 0 Å². The van der Waals surface area contributed by atoms with E-state index < -0.39 is 18.0 Å². The lowest BCUT2D eigenvalue weighted by Crippen LogP contribution is -2.41. The van der Waals surface area contributed by atoms with E-state index in [9.17, 15) is 9.59 Å². The van der Waals surface area contributed by atoms with Crippen LogP contribution >= 0.6 is 0 Å². The van der Waals surface area contributed by atoms with Crippen molar-refractivity contribution in [3.63, 3.8) is 0 Å². The maximum Gasteiger partial charge on any atom is 0.320 e. The predicted molar refractivity (Wildman–Crippen MR) is 42.0 cm³/mol. The molecule has 0 aliphatic carbocycles. The molecule has 70 valence electrons. The molecule has 0 bridgehead atoms. The molecule has 0 aromatic carbocycles. The molecule has 0 amide bonds. The van der Waals surface area contributed by atoms with E-state index in [1.54, 1.807) is 6.92 Å². The van der Waals surface area contributed by atoms with Crippen molar-refractivity contribution in [1.82, 2.24) is 4.90 Å². The van der Waals surface area contributed by atoms with E-state index in [-0.39, 0.29) is 6.54 Å². The van der Waals surface area contributed by atoms with Crippen LogP contribution in [0.4, 0.5) is 0 Å². The molecule has 0 saturated carbocycles. The van der Waals surface area contributed by atoms with Crippen LogP contribution in [0.1, 0.15) is 13.8 Å². The van der Waals surface area contributed by atoms with Crippen molar-refractivity contribution in [2.75, 3.05) is 13.1 Å². The quantitative estimate of drug-likeness (QED) is 0.608. The van der Waals surface area contributed by atoms with E-state index >= 15 is 0 Å². The molecular weight excluding hydrogens is 162 g/mol. The summed E-state index contributed by atoms with van der Waals surface area (Å²) in [6, 6.07) is -0.744. The summed E-state index contributed by atoms with van der Waals surface area (Å²) in [6.45, 7) is 3.38. The lowest BCUT2D eigenvalue weighted by molar-refractivity contribution is -0.145. The van der Waals surface area contributed by atoms with Crippen molar-refractivity contribution < 1.29 is 19.8 Å². The standard InChI is InChI=1S/C7H13NO4/c1-3-8(4-6(9)10)5(2)7(11)12/h5H,3-4H2,1-2H3,(H,9,10)(H,11,12)/t5-/m1/s1. The number of carboxylic acids is 2. The minimum absolute atomic E-state index is 0.232. The van der Waals surface area contributed by atoms with E-state index in [0.29, 0.717) is 6.54 Å². The van der Waals surface area contributed by atoms with Gasteiger partial charge in [0.25, 0.3) is 0 Å². The fraction of sp³-hybridized carbons (Fsp3) is 0.714. The molecule has 12 heavy (non-hydrogen) atoms. The van der Waals surface area contributed by atoms with E-state index in [0.717, 1.165) is 0 Å². The van der Waals surface area contributed by atoms with Gasteiger partial charge in [0.05, 0.1) is 6.54 Å². The summed E-state index contributed by atoms with van der Waals surface area (Å²) >= 11 is 0. The average Bonchev–Trinajstić information content (AvgIpc) is 1.98. The molecule has 0 fully saturated rings. The van der Waals surface area contributed by atoms with Gasteiger partial charge in [0.2, 0.25) is 0 Å². The zero-order valence-corrected chi connectivity index (χ0v) is 7.15. The van der Waals surface area contributed by atoms with Gasteiger partial charge in [-0.05, 0) is 13.5 Å². The highest BCUT2D eigenvalue weighted by molar-refractivity contribution is 5.75. The summed E-state index contributed by atoms with van der Waals surface area (Å²) in [7, 11) is 0. The van der Waals surface area contributed by atoms with Gasteiger partial charge in [-0.3, -0.25) is 14.5 Å². The highest BCUT2D eigenvalue weighted by Gasteiger charge is 2.20. The summed E-state index contributed by atoms with van der Waals surface area (Å²) in [6.07, 6.45) is 0. The normalized spacial score (nSPS) is 12.9. The molecule has 1 atom stereocenters. The minimum Gasteiger partial charge on any atom is -0.480 e. The Kier molecular flexibility index (Phi) is 4.28. The molecule has 0 rings (SSSR count). The second-order valence-corrected chi connectivity index (χ2v) is 2.47. The molecule has 0 aromatic heterocycles. The molecule has 0 aromatic rings. The Balaban J connectivity index is 4.14. The van der Waals surface area contributed by atoms with Gasteiger partial charge >= 0.3 is 11.9 Å². The summed E-state index contributed by atoms with van der Waals surface area (Å²) < 4.78 is 0. The van der Waals surface area contributed by atoms with Crippen LogP contribution in [-0.2, 0) is 9.59 Å². The third-order valence-corrected chi connectivity index (χ3v) is 1.65. The monoisotopic (exact) mass is 175 g/mol. The van der Waals surface area contributed by atoms with Crippen LogP contribution < -0.4 is 0 Å². The number of carboxylic acid groups (broad SMARTS) is 2. The number of likely N-dealkylation sites (N-methyl/N-ethyl adjacent to an activating group) is 1. The van der Waals surface area contributed by atoms with Crippen molar-refractivity contribution in [3.05, 3.63) is 0 Å². The second kappa shape index (κ2) is 4.71. The maximum absolute atomic E-state index is 10.4. The van der Waals surface area contributed by atoms with E-state index in [1.807, 2.05) is 0 Å². The average molecular weight is 175 g/mol. The van der Waals surface area contributed by atoms with Gasteiger partial charge in [-0.15, -0.1) is 0 Å². The maximum atomic E-state index is 10.4. The number of hydrogen-bond donors (Lipinski definition) is 2. The molecular formula is C7H13NO4. The van der Waals surface area contributed by atoms with Crippen LogP contribution in [0.25, 0.3) is 0 Å². The van der Waals surface area contributed by atoms with Crippen molar-refractivity contribution in [2.24, 2.45) is 0 Å². The van der Waals surface area contributed by atoms with Crippen LogP contribution in [0.15, 0.2) is 0 Å². The van der Waals surface area contributed by atoms with Gasteiger partial charge in [-0.2, -0.15) is 0 Å². The van der Waals surface area contributed by atoms with E-state index in [4.69, 9.17) is 10.2 Å². The van der Waals surface area contributed by atoms with E-state index in [2.05, 4.69) is 0 Å². The number of carbonyl (C=O) groups is 2. The molecule has 0 heterocycles.